The predicted molar refractivity (Wildman–Crippen MR) is 123 cm³/mol. The highest BCUT2D eigenvalue weighted by Crippen LogP contribution is 2.36. The maximum absolute atomic E-state index is 11.2. The first-order valence-corrected chi connectivity index (χ1v) is 11.1. The summed E-state index contributed by atoms with van der Waals surface area (Å²) in [7, 11) is 0. The van der Waals surface area contributed by atoms with Crippen LogP contribution in [0.25, 0.3) is 0 Å². The van der Waals surface area contributed by atoms with Gasteiger partial charge in [-0.3, -0.25) is 0 Å². The molecule has 3 rings (SSSR count). The van der Waals surface area contributed by atoms with Crippen molar-refractivity contribution in [3.05, 3.63) is 46.0 Å². The molecule has 2 aromatic rings. The number of nitrogens with one attached hydrogen (secondary N) is 2. The number of hydrogen-bond acceptors (Lipinski definition) is 7. The molecule has 0 saturated heterocycles. The lowest BCUT2D eigenvalue weighted by atomic mass is 9.73. The summed E-state index contributed by atoms with van der Waals surface area (Å²) in [4.78, 5) is 19.9. The standard InChI is InChI=1S/C22H31ClN6O/c1-2-5-15-8-16(11-24)10-17(9-15)12-25-21-20(29-30)14-27-22(28-21)26-13-18-6-3-4-7-19(18)23/h3-4,6-7,14-17H,2,5,8-13,24H2,1H3,(H2,25,26,27,28)/t15?,16-,17-/m1/s1. The summed E-state index contributed by atoms with van der Waals surface area (Å²) in [6, 6.07) is 7.61. The van der Waals surface area contributed by atoms with Crippen LogP contribution in [0.15, 0.2) is 35.6 Å². The van der Waals surface area contributed by atoms with E-state index in [2.05, 4.69) is 32.7 Å². The number of nitrogens with two attached hydrogens (primary N) is 1. The Hall–Kier alpha value is -2.25. The second-order valence-electron chi connectivity index (χ2n) is 8.17. The zero-order valence-corrected chi connectivity index (χ0v) is 18.2. The molecule has 1 unspecified atom stereocenters. The normalized spacial score (nSPS) is 21.2. The van der Waals surface area contributed by atoms with E-state index in [9.17, 15) is 4.91 Å². The van der Waals surface area contributed by atoms with Gasteiger partial charge in [0.1, 0.15) is 0 Å². The van der Waals surface area contributed by atoms with Gasteiger partial charge in [0.25, 0.3) is 0 Å². The average Bonchev–Trinajstić information content (AvgIpc) is 2.77. The van der Waals surface area contributed by atoms with Crippen LogP contribution < -0.4 is 16.4 Å². The van der Waals surface area contributed by atoms with E-state index >= 15 is 0 Å². The van der Waals surface area contributed by atoms with E-state index in [0.717, 1.165) is 31.0 Å². The van der Waals surface area contributed by atoms with Gasteiger partial charge in [-0.05, 0) is 60.4 Å². The van der Waals surface area contributed by atoms with Crippen molar-refractivity contribution < 1.29 is 0 Å². The van der Waals surface area contributed by atoms with Gasteiger partial charge in [0.05, 0.1) is 6.20 Å². The zero-order valence-electron chi connectivity index (χ0n) is 17.5. The van der Waals surface area contributed by atoms with E-state index in [1.807, 2.05) is 24.3 Å². The van der Waals surface area contributed by atoms with Crippen LogP contribution in [0.2, 0.25) is 5.02 Å². The van der Waals surface area contributed by atoms with Crippen LogP contribution in [-0.4, -0.2) is 23.1 Å². The van der Waals surface area contributed by atoms with Crippen molar-refractivity contribution in [2.75, 3.05) is 23.7 Å². The van der Waals surface area contributed by atoms with Crippen LogP contribution in [0, 0.1) is 22.7 Å². The molecule has 3 atom stereocenters. The molecular formula is C22H31ClN6O. The van der Waals surface area contributed by atoms with E-state index < -0.39 is 0 Å². The molecule has 162 valence electrons. The molecule has 1 fully saturated rings. The molecule has 7 nitrogen and oxygen atoms in total. The van der Waals surface area contributed by atoms with Crippen molar-refractivity contribution in [2.24, 2.45) is 28.7 Å². The van der Waals surface area contributed by atoms with Gasteiger partial charge in [0.15, 0.2) is 11.5 Å². The molecule has 1 heterocycles. The second-order valence-corrected chi connectivity index (χ2v) is 8.58. The molecule has 0 aliphatic heterocycles. The van der Waals surface area contributed by atoms with Crippen molar-refractivity contribution in [1.82, 2.24) is 9.97 Å². The minimum absolute atomic E-state index is 0.217. The Bertz CT molecular complexity index is 833. The molecule has 0 bridgehead atoms. The van der Waals surface area contributed by atoms with E-state index in [0.29, 0.717) is 35.2 Å². The monoisotopic (exact) mass is 430 g/mol. The van der Waals surface area contributed by atoms with Crippen LogP contribution in [0.3, 0.4) is 0 Å². The van der Waals surface area contributed by atoms with Crippen molar-refractivity contribution >= 4 is 29.1 Å². The van der Waals surface area contributed by atoms with Crippen LogP contribution >= 0.6 is 11.6 Å². The molecule has 0 spiro atoms. The summed E-state index contributed by atoms with van der Waals surface area (Å²) in [6.07, 6.45) is 7.41. The predicted octanol–water partition coefficient (Wildman–Crippen LogP) is 5.34. The number of rotatable bonds is 10. The quantitative estimate of drug-likeness (QED) is 0.439. The highest BCUT2D eigenvalue weighted by atomic mass is 35.5. The van der Waals surface area contributed by atoms with Crippen LogP contribution in [0.4, 0.5) is 17.5 Å². The van der Waals surface area contributed by atoms with Gasteiger partial charge in [-0.25, -0.2) is 4.98 Å². The highest BCUT2D eigenvalue weighted by Gasteiger charge is 2.27. The second kappa shape index (κ2) is 11.2. The fourth-order valence-electron chi connectivity index (χ4n) is 4.42. The van der Waals surface area contributed by atoms with Gasteiger partial charge < -0.3 is 16.4 Å². The van der Waals surface area contributed by atoms with Gasteiger partial charge in [-0.15, -0.1) is 4.91 Å². The van der Waals surface area contributed by atoms with Crippen molar-refractivity contribution in [3.8, 4) is 0 Å². The topological polar surface area (TPSA) is 105 Å². The molecule has 0 radical (unpaired) electrons. The smallest absolute Gasteiger partial charge is 0.225 e. The van der Waals surface area contributed by atoms with E-state index in [1.165, 1.54) is 31.9 Å². The summed E-state index contributed by atoms with van der Waals surface area (Å²) in [6.45, 7) is 4.22. The Labute approximate surface area is 183 Å². The third-order valence-corrected chi connectivity index (χ3v) is 6.22. The number of aromatic nitrogens is 2. The van der Waals surface area contributed by atoms with Crippen LogP contribution in [0.5, 0.6) is 0 Å². The fraction of sp³-hybridized carbons (Fsp3) is 0.545. The van der Waals surface area contributed by atoms with E-state index in [-0.39, 0.29) is 5.69 Å². The minimum Gasteiger partial charge on any atom is -0.368 e. The van der Waals surface area contributed by atoms with E-state index in [1.54, 1.807) is 0 Å². The minimum atomic E-state index is 0.217. The Morgan fingerprint density at radius 1 is 1.17 bits per heavy atom. The third kappa shape index (κ3) is 6.12. The molecule has 1 aliphatic carbocycles. The summed E-state index contributed by atoms with van der Waals surface area (Å²) < 4.78 is 0. The first-order valence-electron chi connectivity index (χ1n) is 10.7. The van der Waals surface area contributed by atoms with Crippen LogP contribution in [0.1, 0.15) is 44.6 Å². The highest BCUT2D eigenvalue weighted by molar-refractivity contribution is 6.31. The Balaban J connectivity index is 1.63. The number of benzene rings is 1. The Morgan fingerprint density at radius 2 is 1.93 bits per heavy atom. The lowest BCUT2D eigenvalue weighted by molar-refractivity contribution is 0.197. The maximum Gasteiger partial charge on any atom is 0.225 e. The number of nitrogens with zero attached hydrogens (tertiary/aromatic N) is 3. The first-order chi connectivity index (χ1) is 14.6. The largest absolute Gasteiger partial charge is 0.368 e. The van der Waals surface area contributed by atoms with Crippen molar-refractivity contribution in [3.63, 3.8) is 0 Å². The SMILES string of the molecule is CCCC1C[C@@H](CN)C[C@H](CNc2nc(NCc3ccccc3Cl)ncc2N=O)C1. The third-order valence-electron chi connectivity index (χ3n) is 5.85. The molecule has 0 amide bonds. The van der Waals surface area contributed by atoms with Gasteiger partial charge in [-0.2, -0.15) is 4.98 Å². The Morgan fingerprint density at radius 3 is 2.67 bits per heavy atom. The first kappa shape index (κ1) is 22.4. The lowest BCUT2D eigenvalue weighted by Gasteiger charge is -2.34. The zero-order chi connectivity index (χ0) is 21.3. The molecule has 4 N–H and O–H groups in total. The van der Waals surface area contributed by atoms with Gasteiger partial charge in [0.2, 0.25) is 5.95 Å². The van der Waals surface area contributed by atoms with Crippen molar-refractivity contribution in [2.45, 2.75) is 45.6 Å². The summed E-state index contributed by atoms with van der Waals surface area (Å²) in [5.74, 6) is 2.70. The lowest BCUT2D eigenvalue weighted by Crippen LogP contribution is -2.31. The number of halogens is 1. The van der Waals surface area contributed by atoms with Gasteiger partial charge >= 0.3 is 0 Å². The molecule has 1 saturated carbocycles. The summed E-state index contributed by atoms with van der Waals surface area (Å²) >= 11 is 6.20. The van der Waals surface area contributed by atoms with Crippen LogP contribution in [-0.2, 0) is 6.54 Å². The molecule has 30 heavy (non-hydrogen) atoms. The molecule has 8 heteroatoms. The van der Waals surface area contributed by atoms with Gasteiger partial charge in [0, 0.05) is 18.1 Å². The number of nitroso groups, excluding NO2 is 1. The fourth-order valence-corrected chi connectivity index (χ4v) is 4.62. The number of hydrogen-bond donors (Lipinski definition) is 3. The van der Waals surface area contributed by atoms with E-state index in [4.69, 9.17) is 17.3 Å². The van der Waals surface area contributed by atoms with Gasteiger partial charge in [-0.1, -0.05) is 49.6 Å². The average molecular weight is 431 g/mol. The molecule has 1 aromatic heterocycles. The Kier molecular flexibility index (Phi) is 8.39. The van der Waals surface area contributed by atoms with Crippen molar-refractivity contribution in [1.29, 1.82) is 0 Å². The molecular weight excluding hydrogens is 400 g/mol. The summed E-state index contributed by atoms with van der Waals surface area (Å²) in [5, 5.41) is 10.3. The molecule has 1 aromatic carbocycles. The molecule has 1 aliphatic rings. The maximum atomic E-state index is 11.2. The summed E-state index contributed by atoms with van der Waals surface area (Å²) in [5.41, 5.74) is 7.14. The number of anilines is 2.